The van der Waals surface area contributed by atoms with Crippen molar-refractivity contribution < 1.29 is 4.52 Å². The maximum Gasteiger partial charge on any atom is 0.151 e. The Kier molecular flexibility index (Phi) is 3.96. The molecule has 1 heterocycles. The molecule has 0 aliphatic heterocycles. The Labute approximate surface area is 97.0 Å². The van der Waals surface area contributed by atoms with Gasteiger partial charge in [0.05, 0.1) is 12.2 Å². The van der Waals surface area contributed by atoms with Gasteiger partial charge in [-0.05, 0) is 32.9 Å². The SMILES string of the molecule is CNCc1cc(CN(C)CC2CCC2)on1. The van der Waals surface area contributed by atoms with E-state index in [1.54, 1.807) is 0 Å². The second-order valence-electron chi connectivity index (χ2n) is 4.81. The number of rotatable bonds is 6. The fraction of sp³-hybridized carbons (Fsp3) is 0.750. The number of aromatic nitrogens is 1. The highest BCUT2D eigenvalue weighted by Crippen LogP contribution is 2.27. The number of nitrogens with one attached hydrogen (secondary N) is 1. The molecule has 0 saturated heterocycles. The standard InChI is InChI=1S/C12H21N3O/c1-13-7-11-6-12(16-14-11)9-15(2)8-10-4-3-5-10/h6,10,13H,3-5,7-9H2,1-2H3. The van der Waals surface area contributed by atoms with E-state index in [0.717, 1.165) is 30.5 Å². The van der Waals surface area contributed by atoms with Gasteiger partial charge in [0.1, 0.15) is 0 Å². The Morgan fingerprint density at radius 3 is 3.00 bits per heavy atom. The molecule has 1 aliphatic rings. The van der Waals surface area contributed by atoms with Crippen LogP contribution in [-0.2, 0) is 13.1 Å². The average molecular weight is 223 g/mol. The molecule has 2 rings (SSSR count). The van der Waals surface area contributed by atoms with Crippen molar-refractivity contribution in [2.75, 3.05) is 20.6 Å². The maximum atomic E-state index is 5.29. The number of hydrogen-bond acceptors (Lipinski definition) is 4. The van der Waals surface area contributed by atoms with Crippen LogP contribution in [0.25, 0.3) is 0 Å². The molecule has 1 aliphatic carbocycles. The zero-order valence-electron chi connectivity index (χ0n) is 10.2. The first kappa shape index (κ1) is 11.6. The molecule has 1 aromatic rings. The third-order valence-corrected chi connectivity index (χ3v) is 3.19. The van der Waals surface area contributed by atoms with Crippen LogP contribution < -0.4 is 5.32 Å². The summed E-state index contributed by atoms with van der Waals surface area (Å²) in [4.78, 5) is 2.33. The van der Waals surface area contributed by atoms with Crippen molar-refractivity contribution >= 4 is 0 Å². The molecule has 1 saturated carbocycles. The van der Waals surface area contributed by atoms with Gasteiger partial charge in [-0.15, -0.1) is 0 Å². The van der Waals surface area contributed by atoms with Crippen LogP contribution in [0.3, 0.4) is 0 Å². The summed E-state index contributed by atoms with van der Waals surface area (Å²) in [6.07, 6.45) is 4.20. The third-order valence-electron chi connectivity index (χ3n) is 3.19. The average Bonchev–Trinajstić information content (AvgIpc) is 2.60. The van der Waals surface area contributed by atoms with Crippen molar-refractivity contribution in [2.24, 2.45) is 5.92 Å². The van der Waals surface area contributed by atoms with Crippen molar-refractivity contribution in [3.05, 3.63) is 17.5 Å². The molecule has 16 heavy (non-hydrogen) atoms. The van der Waals surface area contributed by atoms with Crippen molar-refractivity contribution in [3.63, 3.8) is 0 Å². The van der Waals surface area contributed by atoms with E-state index in [9.17, 15) is 0 Å². The Morgan fingerprint density at radius 1 is 1.56 bits per heavy atom. The minimum absolute atomic E-state index is 0.774. The van der Waals surface area contributed by atoms with Gasteiger partial charge in [0.2, 0.25) is 0 Å². The third kappa shape index (κ3) is 3.06. The van der Waals surface area contributed by atoms with E-state index in [4.69, 9.17) is 4.52 Å². The lowest BCUT2D eigenvalue weighted by atomic mass is 9.85. The van der Waals surface area contributed by atoms with E-state index < -0.39 is 0 Å². The quantitative estimate of drug-likeness (QED) is 0.796. The molecule has 90 valence electrons. The molecule has 0 atom stereocenters. The lowest BCUT2D eigenvalue weighted by Gasteiger charge is -2.29. The Balaban J connectivity index is 1.77. The maximum absolute atomic E-state index is 5.29. The topological polar surface area (TPSA) is 41.3 Å². The highest BCUT2D eigenvalue weighted by Gasteiger charge is 2.19. The van der Waals surface area contributed by atoms with Crippen molar-refractivity contribution in [2.45, 2.75) is 32.4 Å². The smallest absolute Gasteiger partial charge is 0.151 e. The molecule has 1 N–H and O–H groups in total. The van der Waals surface area contributed by atoms with E-state index in [0.29, 0.717) is 0 Å². The molecule has 0 spiro atoms. The summed E-state index contributed by atoms with van der Waals surface area (Å²) in [6, 6.07) is 2.04. The van der Waals surface area contributed by atoms with Crippen molar-refractivity contribution in [1.82, 2.24) is 15.4 Å². The molecular weight excluding hydrogens is 202 g/mol. The fourth-order valence-corrected chi connectivity index (χ4v) is 2.14. The molecule has 4 nitrogen and oxygen atoms in total. The second-order valence-corrected chi connectivity index (χ2v) is 4.81. The summed E-state index contributed by atoms with van der Waals surface area (Å²) in [5, 5.41) is 7.07. The molecule has 0 amide bonds. The zero-order chi connectivity index (χ0) is 11.4. The fourth-order valence-electron chi connectivity index (χ4n) is 2.14. The summed E-state index contributed by atoms with van der Waals surface area (Å²) < 4.78 is 5.29. The van der Waals surface area contributed by atoms with E-state index in [2.05, 4.69) is 22.4 Å². The zero-order valence-corrected chi connectivity index (χ0v) is 10.2. The summed E-state index contributed by atoms with van der Waals surface area (Å²) in [6.45, 7) is 2.82. The molecular formula is C12H21N3O. The Hall–Kier alpha value is -0.870. The monoisotopic (exact) mass is 223 g/mol. The van der Waals surface area contributed by atoms with Crippen LogP contribution in [0.15, 0.2) is 10.6 Å². The number of nitrogens with zero attached hydrogens (tertiary/aromatic N) is 2. The summed E-state index contributed by atoms with van der Waals surface area (Å²) in [7, 11) is 4.07. The minimum Gasteiger partial charge on any atom is -0.360 e. The summed E-state index contributed by atoms with van der Waals surface area (Å²) in [5.41, 5.74) is 0.981. The van der Waals surface area contributed by atoms with Gasteiger partial charge in [0, 0.05) is 19.2 Å². The van der Waals surface area contributed by atoms with Crippen LogP contribution in [-0.4, -0.2) is 30.7 Å². The molecule has 0 radical (unpaired) electrons. The first-order valence-corrected chi connectivity index (χ1v) is 6.05. The molecule has 1 fully saturated rings. The van der Waals surface area contributed by atoms with Gasteiger partial charge in [0.25, 0.3) is 0 Å². The van der Waals surface area contributed by atoms with E-state index in [1.807, 2.05) is 13.1 Å². The summed E-state index contributed by atoms with van der Waals surface area (Å²) >= 11 is 0. The van der Waals surface area contributed by atoms with Gasteiger partial charge in [-0.1, -0.05) is 11.6 Å². The minimum atomic E-state index is 0.774. The van der Waals surface area contributed by atoms with Crippen LogP contribution >= 0.6 is 0 Å². The van der Waals surface area contributed by atoms with E-state index >= 15 is 0 Å². The van der Waals surface area contributed by atoms with Crippen molar-refractivity contribution in [1.29, 1.82) is 0 Å². The van der Waals surface area contributed by atoms with Crippen LogP contribution in [0, 0.1) is 5.92 Å². The normalized spacial score (nSPS) is 16.7. The van der Waals surface area contributed by atoms with Crippen molar-refractivity contribution in [3.8, 4) is 0 Å². The molecule has 4 heteroatoms. The molecule has 1 aromatic heterocycles. The van der Waals surface area contributed by atoms with Crippen LogP contribution in [0.1, 0.15) is 30.7 Å². The first-order valence-electron chi connectivity index (χ1n) is 6.05. The van der Waals surface area contributed by atoms with Gasteiger partial charge in [-0.2, -0.15) is 0 Å². The van der Waals surface area contributed by atoms with Gasteiger partial charge in [-0.25, -0.2) is 0 Å². The molecule has 0 bridgehead atoms. The predicted molar refractivity (Wildman–Crippen MR) is 62.9 cm³/mol. The summed E-state index contributed by atoms with van der Waals surface area (Å²) in [5.74, 6) is 1.87. The van der Waals surface area contributed by atoms with E-state index in [-0.39, 0.29) is 0 Å². The van der Waals surface area contributed by atoms with E-state index in [1.165, 1.54) is 25.8 Å². The lowest BCUT2D eigenvalue weighted by Crippen LogP contribution is -2.28. The molecule has 0 aromatic carbocycles. The van der Waals surface area contributed by atoms with Gasteiger partial charge < -0.3 is 9.84 Å². The van der Waals surface area contributed by atoms with Crippen LogP contribution in [0.5, 0.6) is 0 Å². The Bertz CT molecular complexity index is 320. The molecule has 0 unspecified atom stereocenters. The highest BCUT2D eigenvalue weighted by atomic mass is 16.5. The van der Waals surface area contributed by atoms with Gasteiger partial charge in [0.15, 0.2) is 5.76 Å². The second kappa shape index (κ2) is 5.46. The largest absolute Gasteiger partial charge is 0.360 e. The number of hydrogen-bond donors (Lipinski definition) is 1. The first-order chi connectivity index (χ1) is 7.78. The van der Waals surface area contributed by atoms with Crippen LogP contribution in [0.2, 0.25) is 0 Å². The highest BCUT2D eigenvalue weighted by molar-refractivity contribution is 5.04. The predicted octanol–water partition coefficient (Wildman–Crippen LogP) is 1.63. The van der Waals surface area contributed by atoms with Gasteiger partial charge in [-0.3, -0.25) is 4.90 Å². The van der Waals surface area contributed by atoms with Crippen LogP contribution in [0.4, 0.5) is 0 Å². The Morgan fingerprint density at radius 2 is 2.38 bits per heavy atom. The van der Waals surface area contributed by atoms with Gasteiger partial charge >= 0.3 is 0 Å². The lowest BCUT2D eigenvalue weighted by molar-refractivity contribution is 0.186.